The normalized spacial score (nSPS) is 9.90. The van der Waals surface area contributed by atoms with Gasteiger partial charge in [0.2, 0.25) is 0 Å². The van der Waals surface area contributed by atoms with Crippen LogP contribution in [-0.4, -0.2) is 36.2 Å². The first-order valence-corrected chi connectivity index (χ1v) is 7.23. The van der Waals surface area contributed by atoms with E-state index in [9.17, 15) is 14.4 Å². The lowest BCUT2D eigenvalue weighted by Gasteiger charge is -2.05. The van der Waals surface area contributed by atoms with Gasteiger partial charge in [-0.1, -0.05) is 19.4 Å². The number of esters is 2. The fourth-order valence-corrected chi connectivity index (χ4v) is 1.59. The molecular weight excluding hydrogens is 276 g/mol. The van der Waals surface area contributed by atoms with Gasteiger partial charge in [-0.05, 0) is 25.7 Å². The van der Waals surface area contributed by atoms with Crippen molar-refractivity contribution in [2.75, 3.05) is 13.2 Å². The number of unbranched alkanes of at least 4 members (excludes halogenated alkanes) is 4. The molecule has 0 radical (unpaired) electrons. The summed E-state index contributed by atoms with van der Waals surface area (Å²) in [4.78, 5) is 32.4. The zero-order chi connectivity index (χ0) is 15.9. The molecule has 6 nitrogen and oxygen atoms in total. The number of rotatable bonds is 13. The zero-order valence-electron chi connectivity index (χ0n) is 12.3. The molecule has 0 saturated carbocycles. The minimum atomic E-state index is -0.784. The van der Waals surface area contributed by atoms with Gasteiger partial charge in [-0.3, -0.25) is 9.59 Å². The predicted molar refractivity (Wildman–Crippen MR) is 76.7 cm³/mol. The maximum Gasteiger partial charge on any atom is 0.330 e. The summed E-state index contributed by atoms with van der Waals surface area (Å²) in [5.74, 6) is -1.47. The van der Waals surface area contributed by atoms with Gasteiger partial charge in [-0.2, -0.15) is 0 Å². The topological polar surface area (TPSA) is 89.9 Å². The number of carbonyl (C=O) groups excluding carboxylic acids is 2. The Kier molecular flexibility index (Phi) is 12.0. The molecule has 0 unspecified atom stereocenters. The van der Waals surface area contributed by atoms with Crippen LogP contribution in [0.5, 0.6) is 0 Å². The molecule has 120 valence electrons. The van der Waals surface area contributed by atoms with Crippen molar-refractivity contribution in [1.29, 1.82) is 0 Å². The van der Waals surface area contributed by atoms with Gasteiger partial charge in [-0.15, -0.1) is 0 Å². The van der Waals surface area contributed by atoms with E-state index in [0.717, 1.165) is 25.3 Å². The highest BCUT2D eigenvalue weighted by Gasteiger charge is 2.03. The van der Waals surface area contributed by atoms with E-state index < -0.39 is 11.9 Å². The van der Waals surface area contributed by atoms with E-state index >= 15 is 0 Å². The van der Waals surface area contributed by atoms with Crippen molar-refractivity contribution in [3.05, 3.63) is 12.7 Å². The summed E-state index contributed by atoms with van der Waals surface area (Å²) in [6.45, 7) is 3.90. The molecule has 0 aliphatic heterocycles. The number of carboxylic acids is 1. The summed E-state index contributed by atoms with van der Waals surface area (Å²) in [7, 11) is 0. The van der Waals surface area contributed by atoms with Crippen molar-refractivity contribution in [3.63, 3.8) is 0 Å². The van der Waals surface area contributed by atoms with E-state index in [4.69, 9.17) is 14.6 Å². The van der Waals surface area contributed by atoms with Gasteiger partial charge in [0.25, 0.3) is 0 Å². The number of ether oxygens (including phenoxy) is 2. The third kappa shape index (κ3) is 14.4. The van der Waals surface area contributed by atoms with Gasteiger partial charge in [0.15, 0.2) is 0 Å². The minimum absolute atomic E-state index is 0.181. The first-order chi connectivity index (χ1) is 10.1. The molecule has 0 fully saturated rings. The lowest BCUT2D eigenvalue weighted by atomic mass is 10.1. The molecule has 0 rings (SSSR count). The second kappa shape index (κ2) is 13.1. The molecular formula is C15H24O6. The Bertz CT molecular complexity index is 337. The van der Waals surface area contributed by atoms with Crippen LogP contribution < -0.4 is 0 Å². The number of hydrogen-bond acceptors (Lipinski definition) is 5. The van der Waals surface area contributed by atoms with Gasteiger partial charge in [0.1, 0.15) is 0 Å². The average molecular weight is 300 g/mol. The Morgan fingerprint density at radius 2 is 1.43 bits per heavy atom. The molecule has 21 heavy (non-hydrogen) atoms. The van der Waals surface area contributed by atoms with Crippen LogP contribution in [0.25, 0.3) is 0 Å². The van der Waals surface area contributed by atoms with Crippen molar-refractivity contribution < 1.29 is 29.0 Å². The number of carboxylic acid groups (broad SMARTS) is 1. The van der Waals surface area contributed by atoms with Gasteiger partial charge < -0.3 is 14.6 Å². The quantitative estimate of drug-likeness (QED) is 0.319. The maximum atomic E-state index is 11.4. The van der Waals surface area contributed by atoms with E-state index in [1.807, 2.05) is 0 Å². The summed E-state index contributed by atoms with van der Waals surface area (Å²) in [5, 5.41) is 8.45. The van der Waals surface area contributed by atoms with Crippen LogP contribution >= 0.6 is 0 Å². The van der Waals surface area contributed by atoms with Crippen molar-refractivity contribution in [1.82, 2.24) is 0 Å². The second-order valence-corrected chi connectivity index (χ2v) is 4.61. The SMILES string of the molecule is C=CC(=O)OCCCCOC(=O)CCCCCCC(=O)O. The summed E-state index contributed by atoms with van der Waals surface area (Å²) in [6.07, 6.45) is 5.95. The third-order valence-corrected chi connectivity index (χ3v) is 2.73. The van der Waals surface area contributed by atoms with Crippen LogP contribution in [0.1, 0.15) is 51.4 Å². The fourth-order valence-electron chi connectivity index (χ4n) is 1.59. The third-order valence-electron chi connectivity index (χ3n) is 2.73. The standard InChI is InChI=1S/C15H24O6/c1-2-14(18)20-11-7-8-12-21-15(19)10-6-4-3-5-9-13(16)17/h2H,1,3-12H2,(H,16,17). The van der Waals surface area contributed by atoms with Gasteiger partial charge in [0.05, 0.1) is 13.2 Å². The summed E-state index contributed by atoms with van der Waals surface area (Å²) in [5.41, 5.74) is 0. The Morgan fingerprint density at radius 1 is 0.857 bits per heavy atom. The molecule has 6 heteroatoms. The first kappa shape index (κ1) is 19.1. The van der Waals surface area contributed by atoms with E-state index in [1.165, 1.54) is 0 Å². The molecule has 0 aromatic heterocycles. The lowest BCUT2D eigenvalue weighted by Crippen LogP contribution is -2.07. The molecule has 0 aliphatic rings. The van der Waals surface area contributed by atoms with Gasteiger partial charge in [-0.25, -0.2) is 4.79 Å². The molecule has 0 spiro atoms. The number of hydrogen-bond donors (Lipinski definition) is 1. The molecule has 0 amide bonds. The predicted octanol–water partition coefficient (Wildman–Crippen LogP) is 2.46. The van der Waals surface area contributed by atoms with Crippen molar-refractivity contribution >= 4 is 17.9 Å². The highest BCUT2D eigenvalue weighted by Crippen LogP contribution is 2.06. The van der Waals surface area contributed by atoms with Crippen LogP contribution in [0.3, 0.4) is 0 Å². The summed E-state index contributed by atoms with van der Waals surface area (Å²) >= 11 is 0. The monoisotopic (exact) mass is 300 g/mol. The van der Waals surface area contributed by atoms with E-state index in [1.54, 1.807) is 0 Å². The number of aliphatic carboxylic acids is 1. The van der Waals surface area contributed by atoms with Crippen LogP contribution in [0.2, 0.25) is 0 Å². The Balaban J connectivity index is 3.29. The van der Waals surface area contributed by atoms with E-state index in [-0.39, 0.29) is 12.4 Å². The summed E-state index contributed by atoms with van der Waals surface area (Å²) < 4.78 is 9.80. The lowest BCUT2D eigenvalue weighted by molar-refractivity contribution is -0.144. The first-order valence-electron chi connectivity index (χ1n) is 7.23. The number of carbonyl (C=O) groups is 3. The zero-order valence-corrected chi connectivity index (χ0v) is 12.3. The van der Waals surface area contributed by atoms with Crippen LogP contribution in [0.4, 0.5) is 0 Å². The minimum Gasteiger partial charge on any atom is -0.481 e. The molecule has 0 aromatic carbocycles. The summed E-state index contributed by atoms with van der Waals surface area (Å²) in [6, 6.07) is 0. The Morgan fingerprint density at radius 3 is 2.00 bits per heavy atom. The van der Waals surface area contributed by atoms with Crippen molar-refractivity contribution in [3.8, 4) is 0 Å². The van der Waals surface area contributed by atoms with E-state index in [2.05, 4.69) is 6.58 Å². The molecule has 0 bridgehead atoms. The second-order valence-electron chi connectivity index (χ2n) is 4.61. The maximum absolute atomic E-state index is 11.4. The molecule has 0 saturated heterocycles. The highest BCUT2D eigenvalue weighted by molar-refractivity contribution is 5.81. The molecule has 0 aliphatic carbocycles. The van der Waals surface area contributed by atoms with Crippen molar-refractivity contribution in [2.45, 2.75) is 51.4 Å². The van der Waals surface area contributed by atoms with Crippen LogP contribution in [-0.2, 0) is 23.9 Å². The smallest absolute Gasteiger partial charge is 0.330 e. The Labute approximate surface area is 125 Å². The van der Waals surface area contributed by atoms with Crippen LogP contribution in [0, 0.1) is 0 Å². The average Bonchev–Trinajstić information content (AvgIpc) is 2.45. The molecule has 0 heterocycles. The largest absolute Gasteiger partial charge is 0.481 e. The fraction of sp³-hybridized carbons (Fsp3) is 0.667. The molecule has 1 N–H and O–H groups in total. The van der Waals surface area contributed by atoms with Gasteiger partial charge >= 0.3 is 17.9 Å². The van der Waals surface area contributed by atoms with E-state index in [0.29, 0.717) is 38.9 Å². The highest BCUT2D eigenvalue weighted by atomic mass is 16.5. The Hall–Kier alpha value is -1.85. The van der Waals surface area contributed by atoms with Crippen molar-refractivity contribution in [2.24, 2.45) is 0 Å². The van der Waals surface area contributed by atoms with Gasteiger partial charge in [0, 0.05) is 18.9 Å². The molecule has 0 atom stereocenters. The molecule has 0 aromatic rings. The van der Waals surface area contributed by atoms with Crippen LogP contribution in [0.15, 0.2) is 12.7 Å².